The molecule has 0 unspecified atom stereocenters. The average molecular weight is 654 g/mol. The molecule has 1 heterocycles. The van der Waals surface area contributed by atoms with Crippen molar-refractivity contribution in [2.45, 2.75) is 104 Å². The highest BCUT2D eigenvalue weighted by Crippen LogP contribution is 2.33. The average Bonchev–Trinajstić information content (AvgIpc) is 3.02. The quantitative estimate of drug-likeness (QED) is 0.0960. The molecule has 0 aliphatic heterocycles. The lowest BCUT2D eigenvalue weighted by Crippen LogP contribution is -2.33. The number of nitrogens with zero attached hydrogens (tertiary/aromatic N) is 2. The zero-order chi connectivity index (χ0) is 33.3. The molecule has 252 valence electrons. The predicted molar refractivity (Wildman–Crippen MR) is 184 cm³/mol. The van der Waals surface area contributed by atoms with E-state index >= 15 is 0 Å². The first-order valence-electron chi connectivity index (χ1n) is 16.5. The van der Waals surface area contributed by atoms with Crippen LogP contribution in [0.4, 0.5) is 4.79 Å². The molecule has 0 atom stereocenters. The molecule has 2 aromatic carbocycles. The van der Waals surface area contributed by atoms with Crippen molar-refractivity contribution in [3.63, 3.8) is 0 Å². The van der Waals surface area contributed by atoms with Gasteiger partial charge >= 0.3 is 6.09 Å². The number of hydrogen-bond acceptors (Lipinski definition) is 7. The first-order chi connectivity index (χ1) is 22.0. The van der Waals surface area contributed by atoms with Gasteiger partial charge in [0.1, 0.15) is 23.7 Å². The predicted octanol–water partition coefficient (Wildman–Crippen LogP) is 9.08. The van der Waals surface area contributed by atoms with E-state index in [0.717, 1.165) is 62.6 Å². The number of aromatic nitrogens is 2. The maximum Gasteiger partial charge on any atom is 0.407 e. The second kappa shape index (κ2) is 19.3. The monoisotopic (exact) mass is 653 g/mol. The van der Waals surface area contributed by atoms with Crippen LogP contribution in [0.15, 0.2) is 60.9 Å². The first kappa shape index (κ1) is 37.1. The van der Waals surface area contributed by atoms with Crippen molar-refractivity contribution in [3.8, 4) is 11.5 Å². The summed E-state index contributed by atoms with van der Waals surface area (Å²) in [5.74, 6) is 1.70. The molecule has 3 aromatic rings. The summed E-state index contributed by atoms with van der Waals surface area (Å²) in [6.45, 7) is 13.3. The summed E-state index contributed by atoms with van der Waals surface area (Å²) in [5.41, 5.74) is 2.68. The second-order valence-corrected chi connectivity index (χ2v) is 13.4. The molecular formula is C37H52ClN3O5. The van der Waals surface area contributed by atoms with E-state index in [1.165, 1.54) is 36.8 Å². The minimum atomic E-state index is -0.461. The van der Waals surface area contributed by atoms with Crippen LogP contribution in [0.25, 0.3) is 0 Å². The van der Waals surface area contributed by atoms with Crippen LogP contribution in [0, 0.1) is 0 Å². The molecule has 0 saturated carbocycles. The number of hydrogen-bond donors (Lipinski definition) is 1. The number of ether oxygens (including phenoxy) is 4. The summed E-state index contributed by atoms with van der Waals surface area (Å²) in [7, 11) is 0. The molecule has 0 radical (unpaired) electrons. The third-order valence-corrected chi connectivity index (χ3v) is 7.76. The van der Waals surface area contributed by atoms with Crippen molar-refractivity contribution in [3.05, 3.63) is 82.9 Å². The van der Waals surface area contributed by atoms with Crippen LogP contribution in [-0.2, 0) is 21.5 Å². The fourth-order valence-corrected chi connectivity index (χ4v) is 4.92. The van der Waals surface area contributed by atoms with Gasteiger partial charge in [-0.15, -0.1) is 0 Å². The van der Waals surface area contributed by atoms with E-state index in [1.54, 1.807) is 12.4 Å². The fourth-order valence-electron chi connectivity index (χ4n) is 4.82. The Morgan fingerprint density at radius 1 is 0.696 bits per heavy atom. The van der Waals surface area contributed by atoms with E-state index in [2.05, 4.69) is 65.5 Å². The van der Waals surface area contributed by atoms with Crippen molar-refractivity contribution in [2.24, 2.45) is 0 Å². The van der Waals surface area contributed by atoms with E-state index in [0.29, 0.717) is 13.2 Å². The van der Waals surface area contributed by atoms with Crippen LogP contribution in [0.3, 0.4) is 0 Å². The summed E-state index contributed by atoms with van der Waals surface area (Å²) in [5, 5.41) is 3.01. The zero-order valence-corrected chi connectivity index (χ0v) is 29.0. The summed E-state index contributed by atoms with van der Waals surface area (Å²) < 4.78 is 22.8. The highest BCUT2D eigenvalue weighted by molar-refractivity contribution is 6.28. The molecule has 1 N–H and O–H groups in total. The standard InChI is InChI=1S/C37H52ClN3O5/c1-36(2,3)46-35(42)39-22-10-13-24-43-23-11-8-6-7-9-12-25-44-32-18-14-30(15-19-32)37(4,5)31-16-20-33(21-17-31)45-28-29-26-40-34(38)41-27-29/h14-21,26-27H,6-13,22-25,28H2,1-5H3,(H,39,42). The van der Waals surface area contributed by atoms with Gasteiger partial charge < -0.3 is 24.3 Å². The lowest BCUT2D eigenvalue weighted by Gasteiger charge is -2.26. The summed E-state index contributed by atoms with van der Waals surface area (Å²) >= 11 is 5.75. The van der Waals surface area contributed by atoms with Crippen LogP contribution >= 0.6 is 11.6 Å². The van der Waals surface area contributed by atoms with Gasteiger partial charge in [-0.3, -0.25) is 0 Å². The van der Waals surface area contributed by atoms with Crippen LogP contribution in [-0.4, -0.2) is 48.0 Å². The minimum Gasteiger partial charge on any atom is -0.494 e. The molecule has 8 nitrogen and oxygen atoms in total. The number of rotatable bonds is 20. The Morgan fingerprint density at radius 3 is 1.76 bits per heavy atom. The molecular weight excluding hydrogens is 602 g/mol. The van der Waals surface area contributed by atoms with Gasteiger partial charge in [0.25, 0.3) is 0 Å². The molecule has 0 aliphatic rings. The second-order valence-electron chi connectivity index (χ2n) is 13.0. The van der Waals surface area contributed by atoms with Gasteiger partial charge in [0.2, 0.25) is 5.28 Å². The lowest BCUT2D eigenvalue weighted by molar-refractivity contribution is 0.0524. The van der Waals surface area contributed by atoms with Gasteiger partial charge in [-0.05, 0) is 93.4 Å². The Bertz CT molecular complexity index is 1280. The van der Waals surface area contributed by atoms with E-state index < -0.39 is 5.60 Å². The Balaban J connectivity index is 1.21. The molecule has 3 rings (SSSR count). The van der Waals surface area contributed by atoms with Crippen molar-refractivity contribution in [1.29, 1.82) is 0 Å². The third-order valence-electron chi connectivity index (χ3n) is 7.57. The number of carbonyl (C=O) groups is 1. The maximum absolute atomic E-state index is 11.6. The van der Waals surface area contributed by atoms with Gasteiger partial charge in [0.05, 0.1) is 6.61 Å². The van der Waals surface area contributed by atoms with Crippen LogP contribution in [0.5, 0.6) is 11.5 Å². The molecule has 0 fully saturated rings. The fraction of sp³-hybridized carbons (Fsp3) is 0.541. The summed E-state index contributed by atoms with van der Waals surface area (Å²) in [6.07, 6.45) is 11.7. The number of unbranched alkanes of at least 4 members (excludes halogenated alkanes) is 6. The zero-order valence-electron chi connectivity index (χ0n) is 28.3. The van der Waals surface area contributed by atoms with E-state index in [4.69, 9.17) is 30.5 Å². The van der Waals surface area contributed by atoms with Gasteiger partial charge in [-0.2, -0.15) is 0 Å². The number of nitrogens with one attached hydrogen (secondary N) is 1. The van der Waals surface area contributed by atoms with E-state index in [-0.39, 0.29) is 16.8 Å². The number of amides is 1. The SMILES string of the molecule is CC(C)(C)OC(=O)NCCCCOCCCCCCCCOc1ccc(C(C)(C)c2ccc(OCc3cnc(Cl)nc3)cc2)cc1. The maximum atomic E-state index is 11.6. The first-order valence-corrected chi connectivity index (χ1v) is 16.9. The van der Waals surface area contributed by atoms with E-state index in [9.17, 15) is 4.79 Å². The Hall–Kier alpha value is -3.36. The molecule has 9 heteroatoms. The highest BCUT2D eigenvalue weighted by Gasteiger charge is 2.23. The van der Waals surface area contributed by atoms with E-state index in [1.807, 2.05) is 32.9 Å². The Morgan fingerprint density at radius 2 is 1.20 bits per heavy atom. The molecule has 46 heavy (non-hydrogen) atoms. The summed E-state index contributed by atoms with van der Waals surface area (Å²) in [4.78, 5) is 19.6. The number of halogens is 1. The Labute approximate surface area is 280 Å². The van der Waals surface area contributed by atoms with Gasteiger partial charge in [-0.1, -0.05) is 63.8 Å². The topological polar surface area (TPSA) is 91.8 Å². The molecule has 0 spiro atoms. The largest absolute Gasteiger partial charge is 0.494 e. The molecule has 0 saturated heterocycles. The van der Waals surface area contributed by atoms with Crippen molar-refractivity contribution in [2.75, 3.05) is 26.4 Å². The van der Waals surface area contributed by atoms with Crippen LogP contribution < -0.4 is 14.8 Å². The number of carbonyl (C=O) groups excluding carboxylic acids is 1. The number of benzene rings is 2. The molecule has 0 bridgehead atoms. The molecule has 0 aliphatic carbocycles. The van der Waals surface area contributed by atoms with Gasteiger partial charge in [0, 0.05) is 43.1 Å². The number of alkyl carbamates (subject to hydrolysis) is 1. The third kappa shape index (κ3) is 14.4. The van der Waals surface area contributed by atoms with Crippen LogP contribution in [0.2, 0.25) is 5.28 Å². The van der Waals surface area contributed by atoms with Crippen molar-refractivity contribution >= 4 is 17.7 Å². The molecule has 1 aromatic heterocycles. The minimum absolute atomic E-state index is 0.160. The van der Waals surface area contributed by atoms with Gasteiger partial charge in [-0.25, -0.2) is 14.8 Å². The smallest absolute Gasteiger partial charge is 0.407 e. The van der Waals surface area contributed by atoms with Crippen molar-refractivity contribution < 1.29 is 23.7 Å². The highest BCUT2D eigenvalue weighted by atomic mass is 35.5. The molecule has 1 amide bonds. The van der Waals surface area contributed by atoms with Crippen molar-refractivity contribution in [1.82, 2.24) is 15.3 Å². The van der Waals surface area contributed by atoms with Gasteiger partial charge in [0.15, 0.2) is 0 Å². The Kier molecular flexibility index (Phi) is 15.6. The normalized spacial score (nSPS) is 11.7. The lowest BCUT2D eigenvalue weighted by atomic mass is 9.78. The summed E-state index contributed by atoms with van der Waals surface area (Å²) in [6, 6.07) is 16.7. The van der Waals surface area contributed by atoms with Crippen LogP contribution in [0.1, 0.15) is 103 Å².